The van der Waals surface area contributed by atoms with Gasteiger partial charge in [0.1, 0.15) is 0 Å². The van der Waals surface area contributed by atoms with E-state index in [1.807, 2.05) is 24.3 Å². The summed E-state index contributed by atoms with van der Waals surface area (Å²) in [6, 6.07) is 8.12. The summed E-state index contributed by atoms with van der Waals surface area (Å²) in [5.74, 6) is 0.923. The van der Waals surface area contributed by atoms with Gasteiger partial charge < -0.3 is 4.90 Å². The summed E-state index contributed by atoms with van der Waals surface area (Å²) < 4.78 is 0. The number of carbonyl (C=O) groups is 1. The molecule has 1 aliphatic carbocycles. The Hall–Kier alpha value is -0.960. The second-order valence-corrected chi connectivity index (χ2v) is 5.90. The van der Waals surface area contributed by atoms with Gasteiger partial charge in [0.2, 0.25) is 0 Å². The SMILES string of the molecule is O=C(c1ccccc1S)N1CCCC2CCCC21. The minimum absolute atomic E-state index is 0.178. The zero-order chi connectivity index (χ0) is 12.5. The van der Waals surface area contributed by atoms with Gasteiger partial charge in [-0.15, -0.1) is 12.6 Å². The average molecular weight is 261 g/mol. The molecule has 1 aliphatic heterocycles. The van der Waals surface area contributed by atoms with Gasteiger partial charge >= 0.3 is 0 Å². The highest BCUT2D eigenvalue weighted by molar-refractivity contribution is 7.80. The fourth-order valence-corrected chi connectivity index (χ4v) is 3.77. The van der Waals surface area contributed by atoms with E-state index in [1.165, 1.54) is 25.7 Å². The lowest BCUT2D eigenvalue weighted by Crippen LogP contribution is -2.46. The molecule has 0 bridgehead atoms. The van der Waals surface area contributed by atoms with Gasteiger partial charge in [0.15, 0.2) is 0 Å². The normalized spacial score (nSPS) is 27.1. The minimum atomic E-state index is 0.178. The summed E-state index contributed by atoms with van der Waals surface area (Å²) in [5, 5.41) is 0. The van der Waals surface area contributed by atoms with Crippen molar-refractivity contribution in [3.63, 3.8) is 0 Å². The number of hydrogen-bond acceptors (Lipinski definition) is 2. The largest absolute Gasteiger partial charge is 0.335 e. The van der Waals surface area contributed by atoms with E-state index in [0.717, 1.165) is 29.3 Å². The molecule has 3 rings (SSSR count). The van der Waals surface area contributed by atoms with Crippen LogP contribution in [0.5, 0.6) is 0 Å². The molecule has 18 heavy (non-hydrogen) atoms. The van der Waals surface area contributed by atoms with E-state index >= 15 is 0 Å². The Kier molecular flexibility index (Phi) is 3.33. The molecule has 3 heteroatoms. The van der Waals surface area contributed by atoms with Gasteiger partial charge in [-0.3, -0.25) is 4.79 Å². The Morgan fingerprint density at radius 1 is 1.17 bits per heavy atom. The van der Waals surface area contributed by atoms with Crippen LogP contribution in [-0.2, 0) is 0 Å². The number of benzene rings is 1. The molecule has 0 spiro atoms. The van der Waals surface area contributed by atoms with Crippen molar-refractivity contribution in [1.82, 2.24) is 4.90 Å². The van der Waals surface area contributed by atoms with E-state index in [0.29, 0.717) is 6.04 Å². The van der Waals surface area contributed by atoms with Crippen molar-refractivity contribution in [2.24, 2.45) is 5.92 Å². The predicted octanol–water partition coefficient (Wildman–Crippen LogP) is 3.38. The first kappa shape index (κ1) is 12.1. The number of hydrogen-bond donors (Lipinski definition) is 1. The van der Waals surface area contributed by atoms with E-state index in [-0.39, 0.29) is 5.91 Å². The maximum Gasteiger partial charge on any atom is 0.255 e. The first-order chi connectivity index (χ1) is 8.77. The van der Waals surface area contributed by atoms with Gasteiger partial charge in [-0.2, -0.15) is 0 Å². The molecule has 2 unspecified atom stereocenters. The van der Waals surface area contributed by atoms with E-state index in [1.54, 1.807) is 0 Å². The van der Waals surface area contributed by atoms with Crippen LogP contribution in [0.4, 0.5) is 0 Å². The van der Waals surface area contributed by atoms with Crippen LogP contribution in [0, 0.1) is 5.92 Å². The maximum atomic E-state index is 12.6. The molecule has 0 N–H and O–H groups in total. The van der Waals surface area contributed by atoms with Gasteiger partial charge in [0.05, 0.1) is 5.56 Å². The fraction of sp³-hybridized carbons (Fsp3) is 0.533. The predicted molar refractivity (Wildman–Crippen MR) is 75.1 cm³/mol. The van der Waals surface area contributed by atoms with Crippen molar-refractivity contribution in [2.75, 3.05) is 6.54 Å². The second kappa shape index (κ2) is 4.96. The molecular formula is C15H19NOS. The quantitative estimate of drug-likeness (QED) is 0.768. The summed E-state index contributed by atoms with van der Waals surface area (Å²) in [6.07, 6.45) is 6.22. The van der Waals surface area contributed by atoms with Gasteiger partial charge in [-0.05, 0) is 43.7 Å². The van der Waals surface area contributed by atoms with E-state index < -0.39 is 0 Å². The fourth-order valence-electron chi connectivity index (χ4n) is 3.52. The third-order valence-electron chi connectivity index (χ3n) is 4.39. The molecule has 2 nitrogen and oxygen atoms in total. The van der Waals surface area contributed by atoms with Crippen LogP contribution >= 0.6 is 12.6 Å². The molecule has 1 aromatic carbocycles. The van der Waals surface area contributed by atoms with Crippen molar-refractivity contribution >= 4 is 18.5 Å². The number of piperidine rings is 1. The first-order valence-corrected chi connectivity index (χ1v) is 7.31. The molecule has 2 fully saturated rings. The van der Waals surface area contributed by atoms with Gasteiger partial charge in [-0.1, -0.05) is 18.6 Å². The zero-order valence-electron chi connectivity index (χ0n) is 10.5. The molecule has 1 saturated heterocycles. The van der Waals surface area contributed by atoms with Gasteiger partial charge in [0, 0.05) is 17.5 Å². The third-order valence-corrected chi connectivity index (χ3v) is 4.78. The molecule has 1 amide bonds. The topological polar surface area (TPSA) is 20.3 Å². The standard InChI is InChI=1S/C15H19NOS/c17-15(12-7-1-2-9-14(12)18)16-10-4-6-11-5-3-8-13(11)16/h1-2,7,9,11,13,18H,3-6,8,10H2. The van der Waals surface area contributed by atoms with Gasteiger partial charge in [0.25, 0.3) is 5.91 Å². The summed E-state index contributed by atoms with van der Waals surface area (Å²) in [5.41, 5.74) is 0.758. The minimum Gasteiger partial charge on any atom is -0.335 e. The molecule has 2 aliphatic rings. The van der Waals surface area contributed by atoms with Crippen LogP contribution in [0.3, 0.4) is 0 Å². The summed E-state index contributed by atoms with van der Waals surface area (Å²) >= 11 is 4.41. The van der Waals surface area contributed by atoms with E-state index in [4.69, 9.17) is 0 Å². The zero-order valence-corrected chi connectivity index (χ0v) is 11.4. The number of thiol groups is 1. The lowest BCUT2D eigenvalue weighted by molar-refractivity contribution is 0.0545. The molecule has 96 valence electrons. The Labute approximate surface area is 114 Å². The van der Waals surface area contributed by atoms with Crippen LogP contribution in [0.2, 0.25) is 0 Å². The Balaban J connectivity index is 1.86. The molecular weight excluding hydrogens is 242 g/mol. The number of carbonyl (C=O) groups excluding carboxylic acids is 1. The van der Waals surface area contributed by atoms with E-state index in [9.17, 15) is 4.79 Å². The monoisotopic (exact) mass is 261 g/mol. The summed E-state index contributed by atoms with van der Waals surface area (Å²) in [6.45, 7) is 0.919. The Morgan fingerprint density at radius 3 is 2.78 bits per heavy atom. The van der Waals surface area contributed by atoms with Crippen LogP contribution in [0.15, 0.2) is 29.2 Å². The number of fused-ring (bicyclic) bond motifs is 1. The lowest BCUT2D eigenvalue weighted by Gasteiger charge is -2.38. The number of rotatable bonds is 1. The average Bonchev–Trinajstić information content (AvgIpc) is 2.86. The maximum absolute atomic E-state index is 12.6. The van der Waals surface area contributed by atoms with Crippen molar-refractivity contribution < 1.29 is 4.79 Å². The smallest absolute Gasteiger partial charge is 0.255 e. The number of likely N-dealkylation sites (tertiary alicyclic amines) is 1. The van der Waals surface area contributed by atoms with Crippen molar-refractivity contribution in [1.29, 1.82) is 0 Å². The molecule has 1 saturated carbocycles. The van der Waals surface area contributed by atoms with Gasteiger partial charge in [-0.25, -0.2) is 0 Å². The van der Waals surface area contributed by atoms with Crippen molar-refractivity contribution in [2.45, 2.75) is 43.0 Å². The lowest BCUT2D eigenvalue weighted by atomic mass is 9.91. The second-order valence-electron chi connectivity index (χ2n) is 5.42. The highest BCUT2D eigenvalue weighted by atomic mass is 32.1. The van der Waals surface area contributed by atoms with Crippen molar-refractivity contribution in [3.05, 3.63) is 29.8 Å². The van der Waals surface area contributed by atoms with E-state index in [2.05, 4.69) is 17.5 Å². The number of amides is 1. The Bertz CT molecular complexity index is 460. The molecule has 1 heterocycles. The summed E-state index contributed by atoms with van der Waals surface area (Å²) in [7, 11) is 0. The summed E-state index contributed by atoms with van der Waals surface area (Å²) in [4.78, 5) is 15.5. The van der Waals surface area contributed by atoms with Crippen molar-refractivity contribution in [3.8, 4) is 0 Å². The highest BCUT2D eigenvalue weighted by Crippen LogP contribution is 2.37. The molecule has 1 aromatic rings. The van der Waals surface area contributed by atoms with Crippen LogP contribution in [-0.4, -0.2) is 23.4 Å². The highest BCUT2D eigenvalue weighted by Gasteiger charge is 2.37. The van der Waals surface area contributed by atoms with Crippen LogP contribution in [0.25, 0.3) is 0 Å². The third kappa shape index (κ3) is 2.05. The number of nitrogens with zero attached hydrogens (tertiary/aromatic N) is 1. The molecule has 0 aromatic heterocycles. The molecule has 2 atom stereocenters. The molecule has 0 radical (unpaired) electrons. The van der Waals surface area contributed by atoms with Crippen LogP contribution < -0.4 is 0 Å². The van der Waals surface area contributed by atoms with Crippen LogP contribution in [0.1, 0.15) is 42.5 Å². The Morgan fingerprint density at radius 2 is 1.94 bits per heavy atom. The first-order valence-electron chi connectivity index (χ1n) is 6.86.